The van der Waals surface area contributed by atoms with Crippen LogP contribution in [0.1, 0.15) is 18.3 Å². The van der Waals surface area contributed by atoms with E-state index in [1.807, 2.05) is 29.1 Å². The average Bonchev–Trinajstić information content (AvgIpc) is 3.33. The number of aryl methyl sites for hydroxylation is 1. The van der Waals surface area contributed by atoms with Crippen molar-refractivity contribution in [2.45, 2.75) is 19.9 Å². The molecule has 1 aliphatic heterocycles. The van der Waals surface area contributed by atoms with Crippen molar-refractivity contribution in [2.75, 3.05) is 31.1 Å². The van der Waals surface area contributed by atoms with Gasteiger partial charge in [-0.05, 0) is 12.1 Å². The number of anilines is 1. The van der Waals surface area contributed by atoms with Gasteiger partial charge < -0.3 is 4.90 Å². The van der Waals surface area contributed by atoms with E-state index in [1.165, 1.54) is 17.1 Å². The summed E-state index contributed by atoms with van der Waals surface area (Å²) in [6.07, 6.45) is 5.00. The van der Waals surface area contributed by atoms with E-state index in [0.29, 0.717) is 0 Å². The number of aromatic nitrogens is 4. The summed E-state index contributed by atoms with van der Waals surface area (Å²) in [5, 5.41) is 5.55. The van der Waals surface area contributed by atoms with Gasteiger partial charge in [-0.3, -0.25) is 4.90 Å². The summed E-state index contributed by atoms with van der Waals surface area (Å²) in [5.74, 6) is 0.954. The molecule has 1 fully saturated rings. The molecular weight excluding hydrogens is 332 g/mol. The third-order valence-corrected chi connectivity index (χ3v) is 5.29. The molecule has 3 heterocycles. The van der Waals surface area contributed by atoms with Gasteiger partial charge in [0.1, 0.15) is 5.82 Å². The fraction of sp³-hybridized carbons (Fsp3) is 0.389. The van der Waals surface area contributed by atoms with Crippen molar-refractivity contribution in [3.63, 3.8) is 0 Å². The summed E-state index contributed by atoms with van der Waals surface area (Å²) >= 11 is 1.52. The van der Waals surface area contributed by atoms with Crippen molar-refractivity contribution < 1.29 is 0 Å². The minimum Gasteiger partial charge on any atom is -0.344 e. The third-order valence-electron chi connectivity index (χ3n) is 4.48. The first-order valence-electron chi connectivity index (χ1n) is 8.70. The second-order valence-electron chi connectivity index (χ2n) is 6.24. The van der Waals surface area contributed by atoms with E-state index in [2.05, 4.69) is 49.5 Å². The first-order valence-corrected chi connectivity index (χ1v) is 9.48. The standard InChI is InChI=1S/C18H22N6S/c1-2-17-20-18(25-21-17)23-10-8-22(9-11-23)13-15-12-19-24(14-15)16-6-4-3-5-7-16/h3-7,12,14H,2,8-11,13H2,1H3. The molecule has 0 amide bonds. The molecule has 0 aliphatic carbocycles. The maximum Gasteiger partial charge on any atom is 0.205 e. The molecule has 1 aliphatic rings. The second kappa shape index (κ2) is 7.33. The minimum absolute atomic E-state index is 0.905. The predicted molar refractivity (Wildman–Crippen MR) is 100 cm³/mol. The number of hydrogen-bond donors (Lipinski definition) is 0. The zero-order valence-corrected chi connectivity index (χ0v) is 15.2. The van der Waals surface area contributed by atoms with Crippen molar-refractivity contribution in [2.24, 2.45) is 0 Å². The van der Waals surface area contributed by atoms with Crippen LogP contribution in [0, 0.1) is 0 Å². The predicted octanol–water partition coefficient (Wildman–Crippen LogP) is 2.61. The largest absolute Gasteiger partial charge is 0.344 e. The molecular formula is C18H22N6S. The van der Waals surface area contributed by atoms with Crippen LogP contribution >= 0.6 is 11.5 Å². The maximum absolute atomic E-state index is 4.60. The summed E-state index contributed by atoms with van der Waals surface area (Å²) in [7, 11) is 0. The Morgan fingerprint density at radius 3 is 2.60 bits per heavy atom. The van der Waals surface area contributed by atoms with E-state index in [9.17, 15) is 0 Å². The van der Waals surface area contributed by atoms with Crippen molar-refractivity contribution in [1.29, 1.82) is 0 Å². The van der Waals surface area contributed by atoms with E-state index < -0.39 is 0 Å². The lowest BCUT2D eigenvalue weighted by Crippen LogP contribution is -2.45. The molecule has 6 nitrogen and oxygen atoms in total. The number of rotatable bonds is 5. The van der Waals surface area contributed by atoms with Crippen molar-refractivity contribution in [1.82, 2.24) is 24.0 Å². The number of nitrogens with zero attached hydrogens (tertiary/aromatic N) is 6. The topological polar surface area (TPSA) is 50.1 Å². The van der Waals surface area contributed by atoms with Crippen LogP contribution in [-0.2, 0) is 13.0 Å². The molecule has 3 aromatic rings. The van der Waals surface area contributed by atoms with Crippen molar-refractivity contribution in [3.05, 3.63) is 54.1 Å². The molecule has 0 atom stereocenters. The van der Waals surface area contributed by atoms with Crippen LogP contribution in [0.3, 0.4) is 0 Å². The van der Waals surface area contributed by atoms with E-state index >= 15 is 0 Å². The number of piperazine rings is 1. The maximum atomic E-state index is 4.60. The summed E-state index contributed by atoms with van der Waals surface area (Å²) < 4.78 is 6.34. The average molecular weight is 354 g/mol. The zero-order valence-electron chi connectivity index (χ0n) is 14.4. The van der Waals surface area contributed by atoms with E-state index in [-0.39, 0.29) is 0 Å². The van der Waals surface area contributed by atoms with Crippen LogP contribution < -0.4 is 4.90 Å². The van der Waals surface area contributed by atoms with Crippen molar-refractivity contribution >= 4 is 16.7 Å². The Labute approximate surface area is 151 Å². The van der Waals surface area contributed by atoms with Gasteiger partial charge in [-0.1, -0.05) is 25.1 Å². The highest BCUT2D eigenvalue weighted by Crippen LogP contribution is 2.20. The molecule has 4 rings (SSSR count). The number of para-hydroxylation sites is 1. The summed E-state index contributed by atoms with van der Waals surface area (Å²) in [4.78, 5) is 9.42. The number of hydrogen-bond acceptors (Lipinski definition) is 6. The molecule has 0 unspecified atom stereocenters. The Morgan fingerprint density at radius 1 is 1.08 bits per heavy atom. The van der Waals surface area contributed by atoms with Gasteiger partial charge in [0.2, 0.25) is 5.13 Å². The molecule has 0 saturated carbocycles. The van der Waals surface area contributed by atoms with Gasteiger partial charge in [-0.25, -0.2) is 9.67 Å². The lowest BCUT2D eigenvalue weighted by Gasteiger charge is -2.34. The Kier molecular flexibility index (Phi) is 4.76. The number of benzene rings is 1. The lowest BCUT2D eigenvalue weighted by molar-refractivity contribution is 0.250. The zero-order chi connectivity index (χ0) is 17.1. The molecule has 130 valence electrons. The van der Waals surface area contributed by atoms with Gasteiger partial charge in [0.15, 0.2) is 0 Å². The van der Waals surface area contributed by atoms with Gasteiger partial charge in [-0.15, -0.1) is 0 Å². The summed E-state index contributed by atoms with van der Waals surface area (Å²) in [6, 6.07) is 10.2. The van der Waals surface area contributed by atoms with Crippen LogP contribution in [0.5, 0.6) is 0 Å². The van der Waals surface area contributed by atoms with E-state index in [4.69, 9.17) is 0 Å². The quantitative estimate of drug-likeness (QED) is 0.705. The minimum atomic E-state index is 0.905. The first kappa shape index (κ1) is 16.2. The monoisotopic (exact) mass is 354 g/mol. The van der Waals surface area contributed by atoms with Crippen LogP contribution in [0.4, 0.5) is 5.13 Å². The Hall–Kier alpha value is -2.25. The summed E-state index contributed by atoms with van der Waals surface area (Å²) in [6.45, 7) is 7.13. The van der Waals surface area contributed by atoms with Crippen LogP contribution in [0.15, 0.2) is 42.7 Å². The van der Waals surface area contributed by atoms with E-state index in [1.54, 1.807) is 0 Å². The Bertz CT molecular complexity index is 804. The van der Waals surface area contributed by atoms with Gasteiger partial charge >= 0.3 is 0 Å². The fourth-order valence-electron chi connectivity index (χ4n) is 3.04. The van der Waals surface area contributed by atoms with Gasteiger partial charge in [-0.2, -0.15) is 9.47 Å². The Morgan fingerprint density at radius 2 is 1.88 bits per heavy atom. The molecule has 1 saturated heterocycles. The molecule has 0 radical (unpaired) electrons. The molecule has 25 heavy (non-hydrogen) atoms. The SMILES string of the molecule is CCc1nsc(N2CCN(Cc3cnn(-c4ccccc4)c3)CC2)n1. The highest BCUT2D eigenvalue weighted by atomic mass is 32.1. The van der Waals surface area contributed by atoms with Gasteiger partial charge in [0.05, 0.1) is 11.9 Å². The Balaban J connectivity index is 1.34. The lowest BCUT2D eigenvalue weighted by atomic mass is 10.2. The van der Waals surface area contributed by atoms with Gasteiger partial charge in [0, 0.05) is 62.4 Å². The van der Waals surface area contributed by atoms with Crippen molar-refractivity contribution in [3.8, 4) is 5.69 Å². The molecule has 7 heteroatoms. The second-order valence-corrected chi connectivity index (χ2v) is 6.97. The molecule has 0 bridgehead atoms. The molecule has 0 N–H and O–H groups in total. The van der Waals surface area contributed by atoms with Gasteiger partial charge in [0.25, 0.3) is 0 Å². The molecule has 0 spiro atoms. The van der Waals surface area contributed by atoms with Crippen LogP contribution in [0.2, 0.25) is 0 Å². The highest BCUT2D eigenvalue weighted by molar-refractivity contribution is 7.09. The smallest absolute Gasteiger partial charge is 0.205 e. The van der Waals surface area contributed by atoms with Crippen LogP contribution in [0.25, 0.3) is 5.69 Å². The molecule has 2 aromatic heterocycles. The molecule has 1 aromatic carbocycles. The summed E-state index contributed by atoms with van der Waals surface area (Å²) in [5.41, 5.74) is 2.35. The first-order chi connectivity index (χ1) is 12.3. The third kappa shape index (κ3) is 3.72. The van der Waals surface area contributed by atoms with E-state index in [0.717, 1.165) is 55.8 Å². The van der Waals surface area contributed by atoms with Crippen LogP contribution in [-0.4, -0.2) is 50.2 Å². The highest BCUT2D eigenvalue weighted by Gasteiger charge is 2.20. The normalized spacial score (nSPS) is 15.6. The fourth-order valence-corrected chi connectivity index (χ4v) is 3.84.